The van der Waals surface area contributed by atoms with E-state index in [1.807, 2.05) is 32.9 Å². The Labute approximate surface area is 120 Å². The summed E-state index contributed by atoms with van der Waals surface area (Å²) in [7, 11) is 0. The van der Waals surface area contributed by atoms with Gasteiger partial charge in [0.2, 0.25) is 0 Å². The summed E-state index contributed by atoms with van der Waals surface area (Å²) in [6, 6.07) is 7.18. The maximum Gasteiger partial charge on any atom is 0.251 e. The second kappa shape index (κ2) is 8.05. The zero-order valence-corrected chi connectivity index (χ0v) is 12.5. The summed E-state index contributed by atoms with van der Waals surface area (Å²) in [6.07, 6.45) is 1.94. The van der Waals surface area contributed by atoms with Crippen molar-refractivity contribution in [1.29, 1.82) is 0 Å². The molecule has 0 saturated heterocycles. The average molecular weight is 284 g/mol. The normalized spacial score (nSPS) is 12.3. The molecule has 1 N–H and O–H groups in total. The van der Waals surface area contributed by atoms with Crippen LogP contribution in [-0.4, -0.2) is 23.9 Å². The van der Waals surface area contributed by atoms with Gasteiger partial charge in [0.25, 0.3) is 5.91 Å². The molecule has 0 fully saturated rings. The second-order valence-corrected chi connectivity index (χ2v) is 5.61. The highest BCUT2D eigenvalue weighted by Crippen LogP contribution is 2.13. The molecule has 1 amide bonds. The van der Waals surface area contributed by atoms with E-state index in [0.717, 1.165) is 18.6 Å². The molecule has 1 atom stereocenters. The summed E-state index contributed by atoms with van der Waals surface area (Å²) in [5, 5.41) is 3.03. The number of carbonyl (C=O) groups is 1. The Morgan fingerprint density at radius 3 is 2.42 bits per heavy atom. The van der Waals surface area contributed by atoms with E-state index >= 15 is 0 Å². The lowest BCUT2D eigenvalue weighted by atomic mass is 10.2. The van der Waals surface area contributed by atoms with Gasteiger partial charge in [-0.3, -0.25) is 4.79 Å². The number of hydrogen-bond acceptors (Lipinski definition) is 2. The zero-order valence-electron chi connectivity index (χ0n) is 11.8. The summed E-state index contributed by atoms with van der Waals surface area (Å²) >= 11 is 5.84. The highest BCUT2D eigenvalue weighted by atomic mass is 35.5. The van der Waals surface area contributed by atoms with Crippen molar-refractivity contribution >= 4 is 17.5 Å². The lowest BCUT2D eigenvalue weighted by Crippen LogP contribution is -2.24. The largest absolute Gasteiger partial charge is 0.491 e. The summed E-state index contributed by atoms with van der Waals surface area (Å²) in [5.74, 6) is 0.723. The third kappa shape index (κ3) is 6.48. The van der Waals surface area contributed by atoms with E-state index < -0.39 is 0 Å². The maximum absolute atomic E-state index is 11.8. The van der Waals surface area contributed by atoms with Crippen molar-refractivity contribution in [2.24, 2.45) is 0 Å². The molecule has 106 valence electrons. The number of benzene rings is 1. The predicted molar refractivity (Wildman–Crippen MR) is 79.1 cm³/mol. The van der Waals surface area contributed by atoms with Crippen LogP contribution < -0.4 is 10.1 Å². The minimum Gasteiger partial charge on any atom is -0.491 e. The third-order valence-electron chi connectivity index (χ3n) is 2.55. The van der Waals surface area contributed by atoms with Crippen molar-refractivity contribution < 1.29 is 9.53 Å². The first kappa shape index (κ1) is 15.8. The molecule has 4 heteroatoms. The van der Waals surface area contributed by atoms with Crippen LogP contribution in [-0.2, 0) is 0 Å². The fourth-order valence-electron chi connectivity index (χ4n) is 1.64. The molecule has 0 aliphatic carbocycles. The lowest BCUT2D eigenvalue weighted by molar-refractivity contribution is 0.0953. The van der Waals surface area contributed by atoms with Gasteiger partial charge in [-0.1, -0.05) is 0 Å². The molecule has 0 radical (unpaired) electrons. The fourth-order valence-corrected chi connectivity index (χ4v) is 1.80. The van der Waals surface area contributed by atoms with Gasteiger partial charge in [-0.15, -0.1) is 11.6 Å². The van der Waals surface area contributed by atoms with Gasteiger partial charge in [0.15, 0.2) is 0 Å². The van der Waals surface area contributed by atoms with Crippen LogP contribution in [0.25, 0.3) is 0 Å². The van der Waals surface area contributed by atoms with Gasteiger partial charge in [-0.25, -0.2) is 0 Å². The van der Waals surface area contributed by atoms with Gasteiger partial charge in [0.1, 0.15) is 5.75 Å². The van der Waals surface area contributed by atoms with Crippen LogP contribution in [0.1, 0.15) is 44.0 Å². The van der Waals surface area contributed by atoms with E-state index in [1.165, 1.54) is 0 Å². The Bertz CT molecular complexity index is 388. The van der Waals surface area contributed by atoms with Crippen molar-refractivity contribution in [2.75, 3.05) is 6.54 Å². The van der Waals surface area contributed by atoms with E-state index in [2.05, 4.69) is 5.32 Å². The van der Waals surface area contributed by atoms with E-state index in [0.29, 0.717) is 12.1 Å². The van der Waals surface area contributed by atoms with Gasteiger partial charge in [-0.05, 0) is 57.9 Å². The van der Waals surface area contributed by atoms with Gasteiger partial charge >= 0.3 is 0 Å². The number of nitrogens with one attached hydrogen (secondary N) is 1. The predicted octanol–water partition coefficient (Wildman–Crippen LogP) is 3.61. The number of carbonyl (C=O) groups excluding carboxylic acids is 1. The number of hydrogen-bond donors (Lipinski definition) is 1. The number of ether oxygens (including phenoxy) is 1. The maximum atomic E-state index is 11.8. The Morgan fingerprint density at radius 2 is 1.89 bits per heavy atom. The highest BCUT2D eigenvalue weighted by Gasteiger charge is 2.06. The molecule has 0 aromatic heterocycles. The van der Waals surface area contributed by atoms with Crippen LogP contribution in [0, 0.1) is 0 Å². The Morgan fingerprint density at radius 1 is 1.26 bits per heavy atom. The standard InChI is InChI=1S/C15H22ClNO2/c1-11(2)19-14-8-6-13(7-9-14)15(18)17-10-4-5-12(3)16/h6-9,11-12H,4-5,10H2,1-3H3,(H,17,18). The zero-order chi connectivity index (χ0) is 14.3. The van der Waals surface area contributed by atoms with E-state index in [4.69, 9.17) is 16.3 Å². The van der Waals surface area contributed by atoms with Crippen LogP contribution in [0.2, 0.25) is 0 Å². The SMILES string of the molecule is CC(Cl)CCCNC(=O)c1ccc(OC(C)C)cc1. The van der Waals surface area contributed by atoms with Crippen molar-refractivity contribution in [2.45, 2.75) is 45.1 Å². The number of alkyl halides is 1. The monoisotopic (exact) mass is 283 g/mol. The number of amides is 1. The minimum atomic E-state index is -0.0571. The summed E-state index contributed by atoms with van der Waals surface area (Å²) < 4.78 is 5.53. The quantitative estimate of drug-likeness (QED) is 0.613. The molecule has 1 aromatic rings. The summed E-state index contributed by atoms with van der Waals surface area (Å²) in [5.41, 5.74) is 0.648. The van der Waals surface area contributed by atoms with Crippen LogP contribution in [0.15, 0.2) is 24.3 Å². The first-order valence-electron chi connectivity index (χ1n) is 6.68. The molecular formula is C15H22ClNO2. The van der Waals surface area contributed by atoms with Crippen molar-refractivity contribution in [3.05, 3.63) is 29.8 Å². The van der Waals surface area contributed by atoms with Gasteiger partial charge in [0.05, 0.1) is 6.10 Å². The molecule has 0 aliphatic rings. The van der Waals surface area contributed by atoms with Crippen molar-refractivity contribution in [3.8, 4) is 5.75 Å². The molecule has 3 nitrogen and oxygen atoms in total. The molecular weight excluding hydrogens is 262 g/mol. The highest BCUT2D eigenvalue weighted by molar-refractivity contribution is 6.20. The first-order valence-corrected chi connectivity index (χ1v) is 7.11. The van der Waals surface area contributed by atoms with Crippen molar-refractivity contribution in [3.63, 3.8) is 0 Å². The fraction of sp³-hybridized carbons (Fsp3) is 0.533. The Kier molecular flexibility index (Phi) is 6.71. The number of rotatable bonds is 7. The topological polar surface area (TPSA) is 38.3 Å². The van der Waals surface area contributed by atoms with E-state index in [1.54, 1.807) is 12.1 Å². The van der Waals surface area contributed by atoms with Gasteiger partial charge in [-0.2, -0.15) is 0 Å². The molecule has 0 spiro atoms. The molecule has 1 aromatic carbocycles. The molecule has 0 aliphatic heterocycles. The van der Waals surface area contributed by atoms with E-state index in [9.17, 15) is 4.79 Å². The second-order valence-electron chi connectivity index (χ2n) is 4.87. The van der Waals surface area contributed by atoms with Gasteiger partial charge < -0.3 is 10.1 Å². The average Bonchev–Trinajstić information content (AvgIpc) is 2.34. The van der Waals surface area contributed by atoms with Crippen LogP contribution in [0.5, 0.6) is 5.75 Å². The van der Waals surface area contributed by atoms with Crippen LogP contribution in [0.3, 0.4) is 0 Å². The molecule has 19 heavy (non-hydrogen) atoms. The van der Waals surface area contributed by atoms with Crippen LogP contribution >= 0.6 is 11.6 Å². The van der Waals surface area contributed by atoms with Crippen LogP contribution in [0.4, 0.5) is 0 Å². The van der Waals surface area contributed by atoms with E-state index in [-0.39, 0.29) is 17.4 Å². The lowest BCUT2D eigenvalue weighted by Gasteiger charge is -2.10. The molecule has 1 rings (SSSR count). The first-order chi connectivity index (χ1) is 8.99. The smallest absolute Gasteiger partial charge is 0.251 e. The molecule has 0 bridgehead atoms. The number of halogens is 1. The minimum absolute atomic E-state index is 0.0571. The third-order valence-corrected chi connectivity index (χ3v) is 2.77. The Balaban J connectivity index is 2.40. The Hall–Kier alpha value is -1.22. The van der Waals surface area contributed by atoms with Crippen molar-refractivity contribution in [1.82, 2.24) is 5.32 Å². The molecule has 1 unspecified atom stereocenters. The van der Waals surface area contributed by atoms with Gasteiger partial charge in [0, 0.05) is 17.5 Å². The summed E-state index contributed by atoms with van der Waals surface area (Å²) in [6.45, 7) is 6.55. The molecule has 0 heterocycles. The molecule has 0 saturated carbocycles. The summed E-state index contributed by atoms with van der Waals surface area (Å²) in [4.78, 5) is 11.8.